The maximum atomic E-state index is 13.8. The van der Waals surface area contributed by atoms with Gasteiger partial charge in [0.1, 0.15) is 29.9 Å². The summed E-state index contributed by atoms with van der Waals surface area (Å²) in [6, 6.07) is 19.3. The summed E-state index contributed by atoms with van der Waals surface area (Å²) >= 11 is 0. The van der Waals surface area contributed by atoms with Crippen LogP contribution >= 0.6 is 0 Å². The molecule has 0 aliphatic carbocycles. The van der Waals surface area contributed by atoms with E-state index in [2.05, 4.69) is 21.3 Å². The van der Waals surface area contributed by atoms with Crippen molar-refractivity contribution in [2.24, 2.45) is 11.7 Å². The Kier molecular flexibility index (Phi) is 13.9. The van der Waals surface area contributed by atoms with E-state index in [4.69, 9.17) is 5.73 Å². The zero-order valence-corrected chi connectivity index (χ0v) is 26.5. The lowest BCUT2D eigenvalue weighted by Gasteiger charge is -2.29. The molecule has 250 valence electrons. The van der Waals surface area contributed by atoms with E-state index >= 15 is 0 Å². The summed E-state index contributed by atoms with van der Waals surface area (Å²) in [6.07, 6.45) is 0.631. The van der Waals surface area contributed by atoms with E-state index in [0.717, 1.165) is 5.56 Å². The minimum absolute atomic E-state index is 0.0129. The number of amides is 4. The molecule has 0 heterocycles. The SMILES string of the molecule is CC[C@H](C)[C@H](NC(=O)[C@H](Cc1ccccc1)NC(=O)CN)C(=O)N[C@@H](Cc1ccc(O)cc1)C(=O)N[C@@H](Cc1ccccc1)C(=O)O. The molecule has 3 rings (SSSR count). The van der Waals surface area contributed by atoms with Gasteiger partial charge in [-0.2, -0.15) is 0 Å². The Labute approximate surface area is 274 Å². The van der Waals surface area contributed by atoms with Gasteiger partial charge in [-0.15, -0.1) is 0 Å². The first kappa shape index (κ1) is 36.2. The molecule has 0 aromatic heterocycles. The first-order chi connectivity index (χ1) is 22.5. The quantitative estimate of drug-likeness (QED) is 0.114. The number of carbonyl (C=O) groups excluding carboxylic acids is 4. The van der Waals surface area contributed by atoms with Gasteiger partial charge in [0.05, 0.1) is 6.54 Å². The Morgan fingerprint density at radius 3 is 1.57 bits per heavy atom. The topological polar surface area (TPSA) is 200 Å². The molecule has 0 saturated heterocycles. The Morgan fingerprint density at radius 1 is 0.638 bits per heavy atom. The average molecular weight is 646 g/mol. The van der Waals surface area contributed by atoms with Gasteiger partial charge < -0.3 is 37.2 Å². The summed E-state index contributed by atoms with van der Waals surface area (Å²) in [5, 5.41) is 30.3. The van der Waals surface area contributed by atoms with Gasteiger partial charge in [-0.3, -0.25) is 19.2 Å². The second-order valence-corrected chi connectivity index (χ2v) is 11.4. The van der Waals surface area contributed by atoms with E-state index in [1.54, 1.807) is 61.5 Å². The molecule has 0 aliphatic rings. The lowest BCUT2D eigenvalue weighted by atomic mass is 9.96. The van der Waals surface area contributed by atoms with Crippen molar-refractivity contribution >= 4 is 29.6 Å². The van der Waals surface area contributed by atoms with Crippen LogP contribution in [0.5, 0.6) is 5.75 Å². The predicted octanol–water partition coefficient (Wildman–Crippen LogP) is 1.45. The Morgan fingerprint density at radius 2 is 1.09 bits per heavy atom. The van der Waals surface area contributed by atoms with Gasteiger partial charge in [0.2, 0.25) is 23.6 Å². The number of carboxylic acids is 1. The lowest BCUT2D eigenvalue weighted by molar-refractivity contribution is -0.142. The van der Waals surface area contributed by atoms with Crippen molar-refractivity contribution in [3.63, 3.8) is 0 Å². The maximum Gasteiger partial charge on any atom is 0.326 e. The molecule has 0 fully saturated rings. The van der Waals surface area contributed by atoms with Gasteiger partial charge in [-0.25, -0.2) is 4.79 Å². The number of benzene rings is 3. The Balaban J connectivity index is 1.85. The van der Waals surface area contributed by atoms with Crippen LogP contribution in [0, 0.1) is 5.92 Å². The summed E-state index contributed by atoms with van der Waals surface area (Å²) in [7, 11) is 0. The van der Waals surface area contributed by atoms with Crippen LogP contribution in [0.25, 0.3) is 0 Å². The van der Waals surface area contributed by atoms with Crippen LogP contribution in [0.4, 0.5) is 0 Å². The number of phenols is 1. The smallest absolute Gasteiger partial charge is 0.326 e. The summed E-state index contributed by atoms with van der Waals surface area (Å²) in [5.74, 6) is -4.16. The monoisotopic (exact) mass is 645 g/mol. The molecule has 0 aliphatic heterocycles. The summed E-state index contributed by atoms with van der Waals surface area (Å²) < 4.78 is 0. The average Bonchev–Trinajstić information content (AvgIpc) is 3.07. The first-order valence-corrected chi connectivity index (χ1v) is 15.5. The number of hydrogen-bond donors (Lipinski definition) is 7. The molecular weight excluding hydrogens is 602 g/mol. The second-order valence-electron chi connectivity index (χ2n) is 11.4. The number of aromatic hydroxyl groups is 1. The third kappa shape index (κ3) is 11.6. The third-order valence-electron chi connectivity index (χ3n) is 7.82. The van der Waals surface area contributed by atoms with Crippen LogP contribution in [0.1, 0.15) is 37.0 Å². The molecule has 0 spiro atoms. The number of nitrogens with two attached hydrogens (primary N) is 1. The molecule has 3 aromatic carbocycles. The van der Waals surface area contributed by atoms with Crippen LogP contribution < -0.4 is 27.0 Å². The van der Waals surface area contributed by atoms with Crippen molar-refractivity contribution in [2.45, 2.75) is 63.7 Å². The maximum absolute atomic E-state index is 13.8. The molecule has 0 saturated carbocycles. The Hall–Kier alpha value is -5.23. The normalized spacial score (nSPS) is 14.0. The van der Waals surface area contributed by atoms with Crippen molar-refractivity contribution in [3.05, 3.63) is 102 Å². The van der Waals surface area contributed by atoms with E-state index in [1.165, 1.54) is 12.1 Å². The van der Waals surface area contributed by atoms with Crippen LogP contribution in [-0.4, -0.2) is 70.5 Å². The van der Waals surface area contributed by atoms with E-state index in [1.807, 2.05) is 25.1 Å². The van der Waals surface area contributed by atoms with Crippen molar-refractivity contribution in [3.8, 4) is 5.75 Å². The van der Waals surface area contributed by atoms with Crippen LogP contribution in [-0.2, 0) is 43.2 Å². The highest BCUT2D eigenvalue weighted by molar-refractivity contribution is 5.95. The largest absolute Gasteiger partial charge is 0.508 e. The van der Waals surface area contributed by atoms with Crippen LogP contribution in [0.15, 0.2) is 84.9 Å². The molecule has 5 atom stereocenters. The molecule has 3 aromatic rings. The third-order valence-corrected chi connectivity index (χ3v) is 7.82. The van der Waals surface area contributed by atoms with Crippen molar-refractivity contribution in [2.75, 3.05) is 6.54 Å². The van der Waals surface area contributed by atoms with E-state index < -0.39 is 53.8 Å². The lowest BCUT2D eigenvalue weighted by Crippen LogP contribution is -2.60. The number of phenolic OH excluding ortho intramolecular Hbond substituents is 1. The summed E-state index contributed by atoms with van der Waals surface area (Å²) in [5.41, 5.74) is 7.56. The highest BCUT2D eigenvalue weighted by Gasteiger charge is 2.33. The van der Waals surface area contributed by atoms with E-state index in [9.17, 15) is 34.2 Å². The van der Waals surface area contributed by atoms with Gasteiger partial charge in [0, 0.05) is 19.3 Å². The fourth-order valence-corrected chi connectivity index (χ4v) is 4.93. The molecule has 47 heavy (non-hydrogen) atoms. The van der Waals surface area contributed by atoms with Crippen LogP contribution in [0.3, 0.4) is 0 Å². The molecule has 0 radical (unpaired) electrons. The molecule has 4 amide bonds. The zero-order valence-electron chi connectivity index (χ0n) is 26.5. The minimum Gasteiger partial charge on any atom is -0.508 e. The molecule has 0 bridgehead atoms. The number of rotatable bonds is 17. The number of nitrogens with one attached hydrogen (secondary N) is 4. The zero-order chi connectivity index (χ0) is 34.3. The predicted molar refractivity (Wildman–Crippen MR) is 176 cm³/mol. The van der Waals surface area contributed by atoms with E-state index in [0.29, 0.717) is 17.5 Å². The molecule has 8 N–H and O–H groups in total. The van der Waals surface area contributed by atoms with Gasteiger partial charge in [0.25, 0.3) is 0 Å². The van der Waals surface area contributed by atoms with Gasteiger partial charge in [-0.1, -0.05) is 93.1 Å². The number of carboxylic acid groups (broad SMARTS) is 1. The Bertz CT molecular complexity index is 1490. The van der Waals surface area contributed by atoms with E-state index in [-0.39, 0.29) is 37.5 Å². The first-order valence-electron chi connectivity index (χ1n) is 15.5. The highest BCUT2D eigenvalue weighted by Crippen LogP contribution is 2.14. The fraction of sp³-hybridized carbons (Fsp3) is 0.343. The molecule has 12 heteroatoms. The van der Waals surface area contributed by atoms with Crippen molar-refractivity contribution in [1.29, 1.82) is 0 Å². The summed E-state index contributed by atoms with van der Waals surface area (Å²) in [6.45, 7) is 3.28. The minimum atomic E-state index is -1.28. The second kappa shape index (κ2) is 18.1. The van der Waals surface area contributed by atoms with Gasteiger partial charge in [0.15, 0.2) is 0 Å². The highest BCUT2D eigenvalue weighted by atomic mass is 16.4. The molecular formula is C35H43N5O7. The fourth-order valence-electron chi connectivity index (χ4n) is 4.93. The standard InChI is InChI=1S/C35H43N5O7/c1-3-22(2)31(40-33(44)27(37-30(42)21-36)18-23-10-6-4-7-11-23)34(45)38-28(19-25-14-16-26(41)17-15-25)32(43)39-29(35(46)47)20-24-12-8-5-9-13-24/h4-17,22,27-29,31,41H,3,18-21,36H2,1-2H3,(H,37,42)(H,38,45)(H,39,43)(H,40,44)(H,46,47)/t22-,27-,28-,29-,31-/m0/s1. The number of aliphatic carboxylic acids is 1. The van der Waals surface area contributed by atoms with Gasteiger partial charge >= 0.3 is 5.97 Å². The van der Waals surface area contributed by atoms with Crippen LogP contribution in [0.2, 0.25) is 0 Å². The summed E-state index contributed by atoms with van der Waals surface area (Å²) in [4.78, 5) is 65.3. The van der Waals surface area contributed by atoms with Crippen molar-refractivity contribution < 1.29 is 34.2 Å². The number of carbonyl (C=O) groups is 5. The number of hydrogen-bond acceptors (Lipinski definition) is 7. The molecule has 0 unspecified atom stereocenters. The van der Waals surface area contributed by atoms with Gasteiger partial charge in [-0.05, 0) is 34.7 Å². The molecule has 12 nitrogen and oxygen atoms in total. The van der Waals surface area contributed by atoms with Crippen molar-refractivity contribution in [1.82, 2.24) is 21.3 Å².